The summed E-state index contributed by atoms with van der Waals surface area (Å²) >= 11 is 0. The summed E-state index contributed by atoms with van der Waals surface area (Å²) in [5, 5.41) is 16.8. The molecule has 1 aromatic carbocycles. The first kappa shape index (κ1) is 17.3. The van der Waals surface area contributed by atoms with Crippen LogP contribution in [0.25, 0.3) is 34.0 Å². The highest BCUT2D eigenvalue weighted by molar-refractivity contribution is 5.82. The van der Waals surface area contributed by atoms with E-state index in [2.05, 4.69) is 16.6 Å². The Bertz CT molecular complexity index is 971. The molecule has 6 heteroatoms. The predicted molar refractivity (Wildman–Crippen MR) is 97.8 cm³/mol. The lowest BCUT2D eigenvalue weighted by Gasteiger charge is -2.34. The number of hydrogen-bond acceptors (Lipinski definition) is 2. The Morgan fingerprint density at radius 3 is 2.96 bits per heavy atom. The van der Waals surface area contributed by atoms with Crippen molar-refractivity contribution >= 4 is 23.6 Å². The van der Waals surface area contributed by atoms with Gasteiger partial charge in [0.1, 0.15) is 5.82 Å². The summed E-state index contributed by atoms with van der Waals surface area (Å²) in [7, 11) is 0. The third kappa shape index (κ3) is 3.06. The molecule has 0 radical (unpaired) electrons. The molecule has 1 aliphatic carbocycles. The zero-order valence-electron chi connectivity index (χ0n) is 14.1. The quantitative estimate of drug-likeness (QED) is 0.519. The maximum absolute atomic E-state index is 13.7. The molecule has 0 aliphatic heterocycles. The third-order valence-corrected chi connectivity index (χ3v) is 4.88. The van der Waals surface area contributed by atoms with Gasteiger partial charge in [-0.05, 0) is 49.6 Å². The number of allylic oxidation sites excluding steroid dienone is 2. The largest absolute Gasteiger partial charge is 0.391 e. The number of aliphatic hydroxyl groups excluding tert-OH is 1. The number of aromatic nitrogens is 1. The van der Waals surface area contributed by atoms with Crippen LogP contribution in [-0.4, -0.2) is 21.8 Å². The zero-order chi connectivity index (χ0) is 18.0. The lowest BCUT2D eigenvalue weighted by Crippen LogP contribution is -2.42. The Balaban J connectivity index is 2.27. The van der Waals surface area contributed by atoms with E-state index in [0.717, 1.165) is 34.3 Å². The molecule has 0 saturated heterocycles. The van der Waals surface area contributed by atoms with Crippen LogP contribution in [-0.2, 0) is 0 Å². The van der Waals surface area contributed by atoms with Gasteiger partial charge < -0.3 is 9.67 Å². The molecule has 0 spiro atoms. The van der Waals surface area contributed by atoms with Gasteiger partial charge in [0.05, 0.1) is 18.2 Å². The van der Waals surface area contributed by atoms with Gasteiger partial charge in [-0.3, -0.25) is 0 Å². The number of hydrogen-bond donors (Lipinski definition) is 1. The van der Waals surface area contributed by atoms with E-state index in [1.165, 1.54) is 12.1 Å². The number of rotatable bonds is 3. The first-order valence-electron chi connectivity index (χ1n) is 8.42. The second-order valence-corrected chi connectivity index (χ2v) is 6.35. The van der Waals surface area contributed by atoms with Gasteiger partial charge in [0.25, 0.3) is 0 Å². The van der Waals surface area contributed by atoms with Crippen molar-refractivity contribution in [2.45, 2.75) is 44.4 Å². The average Bonchev–Trinajstić information content (AvgIpc) is 2.87. The summed E-state index contributed by atoms with van der Waals surface area (Å²) in [6.07, 6.45) is 7.21. The van der Waals surface area contributed by atoms with E-state index in [4.69, 9.17) is 5.53 Å². The molecule has 1 saturated carbocycles. The van der Waals surface area contributed by atoms with Gasteiger partial charge in [-0.1, -0.05) is 30.3 Å². The lowest BCUT2D eigenvalue weighted by molar-refractivity contribution is 0.0580. The Morgan fingerprint density at radius 2 is 2.24 bits per heavy atom. The van der Waals surface area contributed by atoms with Gasteiger partial charge in [-0.15, -0.1) is 0 Å². The van der Waals surface area contributed by atoms with Crippen LogP contribution in [0, 0.1) is 5.82 Å². The highest BCUT2D eigenvalue weighted by atomic mass is 19.1. The predicted octanol–water partition coefficient (Wildman–Crippen LogP) is 3.31. The first-order chi connectivity index (χ1) is 12.1. The average molecular weight is 340 g/mol. The van der Waals surface area contributed by atoms with Crippen LogP contribution in [0.3, 0.4) is 0 Å². The number of nitrogens with zero attached hydrogens (tertiary/aromatic N) is 4. The number of aliphatic hydroxyl groups is 1. The fourth-order valence-corrected chi connectivity index (χ4v) is 3.71. The molecule has 1 fully saturated rings. The fraction of sp³-hybridized carbons (Fsp3) is 0.368. The minimum absolute atomic E-state index is 0.246. The van der Waals surface area contributed by atoms with Crippen molar-refractivity contribution < 1.29 is 9.50 Å². The summed E-state index contributed by atoms with van der Waals surface area (Å²) in [4.78, 5) is 2.86. The summed E-state index contributed by atoms with van der Waals surface area (Å²) in [5.74, 6) is -0.316. The second kappa shape index (κ2) is 7.13. The van der Waals surface area contributed by atoms with Crippen molar-refractivity contribution in [2.75, 3.05) is 0 Å². The minimum Gasteiger partial charge on any atom is -0.391 e. The van der Waals surface area contributed by atoms with Gasteiger partial charge in [-0.25, -0.2) is 4.39 Å². The van der Waals surface area contributed by atoms with E-state index in [9.17, 15) is 9.50 Å². The summed E-state index contributed by atoms with van der Waals surface area (Å²) < 4.78 is 15.7. The van der Waals surface area contributed by atoms with Crippen molar-refractivity contribution in [2.24, 2.45) is 5.11 Å². The maximum Gasteiger partial charge on any atom is 0.123 e. The maximum atomic E-state index is 13.7. The van der Waals surface area contributed by atoms with Crippen LogP contribution in [0.2, 0.25) is 0 Å². The van der Waals surface area contributed by atoms with Crippen LogP contribution >= 0.6 is 0 Å². The number of fused-ring (bicyclic) bond motifs is 1. The van der Waals surface area contributed by atoms with Crippen molar-refractivity contribution in [1.29, 1.82) is 0 Å². The Hall–Kier alpha value is -2.56. The molecule has 1 N–H and O–H groups in total. The molecule has 1 aromatic heterocycles. The van der Waals surface area contributed by atoms with E-state index in [1.807, 2.05) is 29.7 Å². The highest BCUT2D eigenvalue weighted by Gasteiger charge is 2.33. The molecule has 2 aromatic rings. The minimum atomic E-state index is -0.789. The Labute approximate surface area is 145 Å². The van der Waals surface area contributed by atoms with Crippen LogP contribution in [0.15, 0.2) is 35.5 Å². The molecule has 130 valence electrons. The van der Waals surface area contributed by atoms with Crippen molar-refractivity contribution in [3.05, 3.63) is 57.2 Å². The van der Waals surface area contributed by atoms with E-state index in [-0.39, 0.29) is 11.9 Å². The molecule has 1 aliphatic rings. The van der Waals surface area contributed by atoms with Crippen LogP contribution in [0.4, 0.5) is 4.39 Å². The smallest absolute Gasteiger partial charge is 0.123 e. The monoisotopic (exact) mass is 340 g/mol. The molecule has 1 unspecified atom stereocenters. The Morgan fingerprint density at radius 1 is 1.44 bits per heavy atom. The summed E-state index contributed by atoms with van der Waals surface area (Å²) in [6.45, 7) is 6.04. The standard InChI is InChI=1S/C19H21FN4O/c1-3-4-7-16-12(2)14-11-13(20)9-10-17(14)24(16)18-8-5-6-15(19(18)25)22-23-21/h3-4,7,9-11,15,18-19,25H,2,5-6,8H2,1H3/b4-3-,16-7+/t15?,18-,19-/m1/s1. The van der Waals surface area contributed by atoms with Gasteiger partial charge >= 0.3 is 0 Å². The molecule has 0 bridgehead atoms. The summed E-state index contributed by atoms with van der Waals surface area (Å²) in [5.41, 5.74) is 9.57. The van der Waals surface area contributed by atoms with Crippen molar-refractivity contribution in [1.82, 2.24) is 4.57 Å². The van der Waals surface area contributed by atoms with Crippen LogP contribution in [0.5, 0.6) is 0 Å². The first-order valence-corrected chi connectivity index (χ1v) is 8.42. The molecular formula is C19H21FN4O. The topological polar surface area (TPSA) is 73.9 Å². The molecule has 1 heterocycles. The number of benzene rings is 1. The van der Waals surface area contributed by atoms with Gasteiger partial charge in [0, 0.05) is 26.4 Å². The normalized spacial score (nSPS) is 24.8. The summed E-state index contributed by atoms with van der Waals surface area (Å²) in [6, 6.07) is 3.91. The Kier molecular flexibility index (Phi) is 4.93. The second-order valence-electron chi connectivity index (χ2n) is 6.35. The van der Waals surface area contributed by atoms with E-state index < -0.39 is 12.1 Å². The number of halogens is 1. The van der Waals surface area contributed by atoms with Gasteiger partial charge in [-0.2, -0.15) is 0 Å². The van der Waals surface area contributed by atoms with Gasteiger partial charge in [0.15, 0.2) is 0 Å². The lowest BCUT2D eigenvalue weighted by atomic mass is 9.88. The van der Waals surface area contributed by atoms with E-state index >= 15 is 0 Å². The van der Waals surface area contributed by atoms with Crippen molar-refractivity contribution in [3.63, 3.8) is 0 Å². The highest BCUT2D eigenvalue weighted by Crippen LogP contribution is 2.32. The zero-order valence-corrected chi connectivity index (χ0v) is 14.1. The fourth-order valence-electron chi connectivity index (χ4n) is 3.71. The molecular weight excluding hydrogens is 319 g/mol. The molecule has 0 amide bonds. The van der Waals surface area contributed by atoms with E-state index in [0.29, 0.717) is 6.42 Å². The van der Waals surface area contributed by atoms with Crippen molar-refractivity contribution in [3.8, 4) is 0 Å². The van der Waals surface area contributed by atoms with Crippen LogP contribution in [0.1, 0.15) is 32.2 Å². The SMILES string of the molecule is C=c1/c(=C\C=C/C)n([C@@H]2CCCC(N=[N+]=[N-])[C@H]2O)c2ccc(F)cc12. The number of azide groups is 1. The van der Waals surface area contributed by atoms with Gasteiger partial charge in [0.2, 0.25) is 0 Å². The molecule has 25 heavy (non-hydrogen) atoms. The molecule has 3 atom stereocenters. The third-order valence-electron chi connectivity index (χ3n) is 4.88. The molecule has 3 rings (SSSR count). The molecule has 5 nitrogen and oxygen atoms in total. The van der Waals surface area contributed by atoms with Crippen LogP contribution < -0.4 is 10.6 Å². The van der Waals surface area contributed by atoms with E-state index in [1.54, 1.807) is 6.07 Å².